The Balaban J connectivity index is 2.36. The van der Waals surface area contributed by atoms with Crippen LogP contribution in [0.1, 0.15) is 10.4 Å². The number of sulfonamides is 1. The number of anilines is 1. The lowest BCUT2D eigenvalue weighted by Gasteiger charge is -2.11. The van der Waals surface area contributed by atoms with Crippen LogP contribution in [0.4, 0.5) is 5.69 Å². The molecule has 23 heavy (non-hydrogen) atoms. The minimum atomic E-state index is -3.74. The second-order valence-corrected chi connectivity index (χ2v) is 7.31. The van der Waals surface area contributed by atoms with Crippen molar-refractivity contribution in [2.75, 3.05) is 19.5 Å². The molecule has 0 unspecified atom stereocenters. The Kier molecular flexibility index (Phi) is 5.40. The van der Waals surface area contributed by atoms with Crippen molar-refractivity contribution in [3.8, 4) is 5.75 Å². The van der Waals surface area contributed by atoms with Gasteiger partial charge in [0.05, 0.1) is 7.11 Å². The van der Waals surface area contributed by atoms with Gasteiger partial charge in [-0.15, -0.1) is 0 Å². The number of nitrogens with one attached hydrogen (secondary N) is 2. The highest BCUT2D eigenvalue weighted by atomic mass is 79.9. The van der Waals surface area contributed by atoms with Crippen molar-refractivity contribution in [2.45, 2.75) is 4.90 Å². The van der Waals surface area contributed by atoms with Crippen LogP contribution in [0.15, 0.2) is 51.8 Å². The average molecular weight is 399 g/mol. The first kappa shape index (κ1) is 17.5. The molecule has 0 aromatic heterocycles. The summed E-state index contributed by atoms with van der Waals surface area (Å²) >= 11 is 3.32. The number of carbonyl (C=O) groups excluding carboxylic acids is 1. The summed E-state index contributed by atoms with van der Waals surface area (Å²) in [4.78, 5) is 12.2. The fourth-order valence-corrected chi connectivity index (χ4v) is 3.22. The van der Waals surface area contributed by atoms with Gasteiger partial charge in [0.15, 0.2) is 0 Å². The van der Waals surface area contributed by atoms with E-state index in [1.165, 1.54) is 32.4 Å². The number of amides is 1. The van der Waals surface area contributed by atoms with E-state index in [9.17, 15) is 13.2 Å². The molecule has 2 N–H and O–H groups in total. The number of halogens is 1. The SMILES string of the molecule is CNS(=O)(=O)c1cc(C(=O)Nc2cccc(Br)c2)ccc1OC. The van der Waals surface area contributed by atoms with E-state index in [2.05, 4.69) is 26.0 Å². The maximum atomic E-state index is 12.3. The molecule has 0 bridgehead atoms. The number of carbonyl (C=O) groups is 1. The summed E-state index contributed by atoms with van der Waals surface area (Å²) in [6, 6.07) is 11.3. The Hall–Kier alpha value is -1.90. The van der Waals surface area contributed by atoms with Gasteiger partial charge in [0.1, 0.15) is 10.6 Å². The second-order valence-electron chi connectivity index (χ2n) is 4.54. The van der Waals surface area contributed by atoms with Crippen LogP contribution in [0.5, 0.6) is 5.75 Å². The number of ether oxygens (including phenoxy) is 1. The Morgan fingerprint density at radius 1 is 1.17 bits per heavy atom. The van der Waals surface area contributed by atoms with Gasteiger partial charge in [0.25, 0.3) is 5.91 Å². The predicted octanol–water partition coefficient (Wildman–Crippen LogP) is 2.62. The maximum absolute atomic E-state index is 12.3. The van der Waals surface area contributed by atoms with Gasteiger partial charge in [0.2, 0.25) is 10.0 Å². The zero-order chi connectivity index (χ0) is 17.0. The molecule has 0 aliphatic heterocycles. The zero-order valence-electron chi connectivity index (χ0n) is 12.5. The molecule has 2 rings (SSSR count). The predicted molar refractivity (Wildman–Crippen MR) is 91.3 cm³/mol. The minimum Gasteiger partial charge on any atom is -0.495 e. The molecule has 122 valence electrons. The second kappa shape index (κ2) is 7.12. The van der Waals surface area contributed by atoms with Crippen molar-refractivity contribution in [1.29, 1.82) is 0 Å². The number of rotatable bonds is 5. The first-order valence-corrected chi connectivity index (χ1v) is 8.83. The molecule has 0 aliphatic rings. The molecule has 0 atom stereocenters. The molecular formula is C15H15BrN2O4S. The average Bonchev–Trinajstić information content (AvgIpc) is 2.54. The number of methoxy groups -OCH3 is 1. The van der Waals surface area contributed by atoms with Gasteiger partial charge in [0, 0.05) is 15.7 Å². The van der Waals surface area contributed by atoms with Crippen molar-refractivity contribution in [1.82, 2.24) is 4.72 Å². The zero-order valence-corrected chi connectivity index (χ0v) is 14.9. The highest BCUT2D eigenvalue weighted by molar-refractivity contribution is 9.10. The molecule has 8 heteroatoms. The molecule has 0 saturated heterocycles. The van der Waals surface area contributed by atoms with Crippen molar-refractivity contribution in [2.24, 2.45) is 0 Å². The van der Waals surface area contributed by atoms with Crippen LogP contribution in [0.25, 0.3) is 0 Å². The maximum Gasteiger partial charge on any atom is 0.255 e. The Morgan fingerprint density at radius 2 is 1.91 bits per heavy atom. The van der Waals surface area contributed by atoms with Gasteiger partial charge >= 0.3 is 0 Å². The Labute approximate surface area is 143 Å². The normalized spacial score (nSPS) is 11.1. The third kappa shape index (κ3) is 4.10. The smallest absolute Gasteiger partial charge is 0.255 e. The van der Waals surface area contributed by atoms with Crippen LogP contribution >= 0.6 is 15.9 Å². The van der Waals surface area contributed by atoms with Crippen LogP contribution in [0, 0.1) is 0 Å². The van der Waals surface area contributed by atoms with Crippen molar-refractivity contribution >= 4 is 37.5 Å². The monoisotopic (exact) mass is 398 g/mol. The van der Waals surface area contributed by atoms with E-state index in [0.717, 1.165) is 4.47 Å². The molecule has 0 fully saturated rings. The van der Waals surface area contributed by atoms with Gasteiger partial charge in [-0.1, -0.05) is 22.0 Å². The summed E-state index contributed by atoms with van der Waals surface area (Å²) in [5.41, 5.74) is 0.804. The van der Waals surface area contributed by atoms with Gasteiger partial charge < -0.3 is 10.1 Å². The van der Waals surface area contributed by atoms with E-state index in [1.807, 2.05) is 6.07 Å². The quantitative estimate of drug-likeness (QED) is 0.810. The van der Waals surface area contributed by atoms with E-state index in [0.29, 0.717) is 5.69 Å². The van der Waals surface area contributed by atoms with Crippen LogP contribution in [-0.4, -0.2) is 28.5 Å². The Morgan fingerprint density at radius 3 is 2.52 bits per heavy atom. The fraction of sp³-hybridized carbons (Fsp3) is 0.133. The van der Waals surface area contributed by atoms with Gasteiger partial charge in [-0.25, -0.2) is 13.1 Å². The van der Waals surface area contributed by atoms with Crippen molar-refractivity contribution < 1.29 is 17.9 Å². The fourth-order valence-electron chi connectivity index (χ4n) is 1.91. The third-order valence-corrected chi connectivity index (χ3v) is 5.00. The number of hydrogen-bond donors (Lipinski definition) is 2. The van der Waals surface area contributed by atoms with Crippen LogP contribution in [0.3, 0.4) is 0 Å². The largest absolute Gasteiger partial charge is 0.495 e. The molecule has 0 heterocycles. The summed E-state index contributed by atoms with van der Waals surface area (Å²) in [5.74, 6) is -0.253. The molecule has 2 aromatic carbocycles. The first-order chi connectivity index (χ1) is 10.9. The van der Waals surface area contributed by atoms with E-state index in [-0.39, 0.29) is 16.2 Å². The topological polar surface area (TPSA) is 84.5 Å². The Bertz CT molecular complexity index is 837. The van der Waals surface area contributed by atoms with E-state index >= 15 is 0 Å². The van der Waals surface area contributed by atoms with Gasteiger partial charge in [-0.3, -0.25) is 4.79 Å². The summed E-state index contributed by atoms with van der Waals surface area (Å²) in [5, 5.41) is 2.71. The van der Waals surface area contributed by atoms with E-state index in [4.69, 9.17) is 4.74 Å². The molecule has 0 aliphatic carbocycles. The van der Waals surface area contributed by atoms with E-state index < -0.39 is 15.9 Å². The number of hydrogen-bond acceptors (Lipinski definition) is 4. The lowest BCUT2D eigenvalue weighted by atomic mass is 10.2. The first-order valence-electron chi connectivity index (χ1n) is 6.56. The van der Waals surface area contributed by atoms with Crippen molar-refractivity contribution in [3.05, 3.63) is 52.5 Å². The molecule has 1 amide bonds. The minimum absolute atomic E-state index is 0.0932. The summed E-state index contributed by atoms with van der Waals surface area (Å²) in [7, 11) is -1.08. The van der Waals surface area contributed by atoms with Crippen LogP contribution in [0.2, 0.25) is 0 Å². The molecular weight excluding hydrogens is 384 g/mol. The lowest BCUT2D eigenvalue weighted by Crippen LogP contribution is -2.20. The third-order valence-electron chi connectivity index (χ3n) is 3.07. The van der Waals surface area contributed by atoms with Crippen LogP contribution < -0.4 is 14.8 Å². The standard InChI is InChI=1S/C15H15BrN2O4S/c1-17-23(20,21)14-8-10(6-7-13(14)22-2)15(19)18-12-5-3-4-11(16)9-12/h3-9,17H,1-2H3,(H,18,19). The molecule has 0 radical (unpaired) electrons. The lowest BCUT2D eigenvalue weighted by molar-refractivity contribution is 0.102. The molecule has 6 nitrogen and oxygen atoms in total. The highest BCUT2D eigenvalue weighted by Crippen LogP contribution is 2.25. The molecule has 0 saturated carbocycles. The van der Waals surface area contributed by atoms with E-state index in [1.54, 1.807) is 18.2 Å². The summed E-state index contributed by atoms with van der Waals surface area (Å²) < 4.78 is 32.1. The number of benzene rings is 2. The summed E-state index contributed by atoms with van der Waals surface area (Å²) in [6.45, 7) is 0. The highest BCUT2D eigenvalue weighted by Gasteiger charge is 2.20. The van der Waals surface area contributed by atoms with Gasteiger partial charge in [-0.2, -0.15) is 0 Å². The van der Waals surface area contributed by atoms with Crippen molar-refractivity contribution in [3.63, 3.8) is 0 Å². The van der Waals surface area contributed by atoms with Gasteiger partial charge in [-0.05, 0) is 43.4 Å². The molecule has 0 spiro atoms. The summed E-state index contributed by atoms with van der Waals surface area (Å²) in [6.07, 6.45) is 0. The van der Waals surface area contributed by atoms with Crippen LogP contribution in [-0.2, 0) is 10.0 Å². The molecule has 2 aromatic rings.